The minimum Gasteiger partial charge on any atom is -0.278 e. The van der Waals surface area contributed by atoms with Crippen LogP contribution in [0.1, 0.15) is 10.6 Å². The molecule has 0 N–H and O–H groups in total. The molecule has 0 unspecified atom stereocenters. The van der Waals surface area contributed by atoms with Gasteiger partial charge in [0.15, 0.2) is 5.13 Å². The van der Waals surface area contributed by atoms with E-state index < -0.39 is 0 Å². The lowest BCUT2D eigenvalue weighted by atomic mass is 10.3. The zero-order chi connectivity index (χ0) is 18.6. The van der Waals surface area contributed by atoms with Crippen LogP contribution in [0.5, 0.6) is 0 Å². The number of pyridine rings is 1. The Morgan fingerprint density at radius 2 is 2.11 bits per heavy atom. The van der Waals surface area contributed by atoms with Gasteiger partial charge in [0.2, 0.25) is 0 Å². The number of hydrogen-bond acceptors (Lipinski definition) is 5. The second kappa shape index (κ2) is 8.00. The fourth-order valence-electron chi connectivity index (χ4n) is 2.52. The van der Waals surface area contributed by atoms with Crippen molar-refractivity contribution < 1.29 is 4.79 Å². The van der Waals surface area contributed by atoms with E-state index in [1.807, 2.05) is 53.9 Å². The van der Waals surface area contributed by atoms with E-state index in [0.29, 0.717) is 16.7 Å². The number of halogens is 1. The highest BCUT2D eigenvalue weighted by Gasteiger charge is 2.19. The Kier molecular flexibility index (Phi) is 5.29. The van der Waals surface area contributed by atoms with Crippen molar-refractivity contribution in [2.75, 3.05) is 4.90 Å². The van der Waals surface area contributed by atoms with Crippen LogP contribution in [0.25, 0.3) is 16.3 Å². The van der Waals surface area contributed by atoms with Crippen LogP contribution in [0.3, 0.4) is 0 Å². The first-order valence-electron chi connectivity index (χ1n) is 8.18. The molecule has 0 fully saturated rings. The van der Waals surface area contributed by atoms with Crippen molar-refractivity contribution in [1.29, 1.82) is 0 Å². The molecule has 0 saturated carbocycles. The van der Waals surface area contributed by atoms with Gasteiger partial charge in [0.05, 0.1) is 22.5 Å². The number of carbonyl (C=O) groups is 1. The summed E-state index contributed by atoms with van der Waals surface area (Å²) in [5.74, 6) is -0.140. The molecule has 134 valence electrons. The summed E-state index contributed by atoms with van der Waals surface area (Å²) in [5.41, 5.74) is 1.62. The summed E-state index contributed by atoms with van der Waals surface area (Å²) in [7, 11) is 0. The number of hydrogen-bond donors (Lipinski definition) is 0. The van der Waals surface area contributed by atoms with Crippen molar-refractivity contribution in [3.8, 4) is 0 Å². The van der Waals surface area contributed by atoms with Gasteiger partial charge in [0, 0.05) is 22.2 Å². The summed E-state index contributed by atoms with van der Waals surface area (Å²) < 4.78 is 0.943. The van der Waals surface area contributed by atoms with Crippen LogP contribution < -0.4 is 4.90 Å². The summed E-state index contributed by atoms with van der Waals surface area (Å²) in [5, 5.41) is 3.25. The second-order valence-corrected chi connectivity index (χ2v) is 8.13. The van der Waals surface area contributed by atoms with E-state index in [2.05, 4.69) is 9.97 Å². The van der Waals surface area contributed by atoms with Gasteiger partial charge in [-0.2, -0.15) is 0 Å². The molecular formula is C20H14ClN3OS2. The van der Waals surface area contributed by atoms with Crippen LogP contribution >= 0.6 is 34.3 Å². The molecule has 3 aromatic heterocycles. The monoisotopic (exact) mass is 411 g/mol. The number of nitrogens with zero attached hydrogens (tertiary/aromatic N) is 3. The van der Waals surface area contributed by atoms with Crippen molar-refractivity contribution in [3.05, 3.63) is 81.8 Å². The second-order valence-electron chi connectivity index (χ2n) is 5.70. The van der Waals surface area contributed by atoms with E-state index >= 15 is 0 Å². The summed E-state index contributed by atoms with van der Waals surface area (Å²) >= 11 is 9.11. The quantitative estimate of drug-likeness (QED) is 0.398. The molecular weight excluding hydrogens is 398 g/mol. The highest BCUT2D eigenvalue weighted by molar-refractivity contribution is 7.22. The molecule has 0 bridgehead atoms. The van der Waals surface area contributed by atoms with Gasteiger partial charge in [-0.05, 0) is 47.9 Å². The fourth-order valence-corrected chi connectivity index (χ4v) is 4.39. The molecule has 0 aliphatic heterocycles. The minimum absolute atomic E-state index is 0.140. The predicted octanol–water partition coefficient (Wildman–Crippen LogP) is 5.65. The van der Waals surface area contributed by atoms with E-state index in [-0.39, 0.29) is 5.91 Å². The molecule has 0 radical (unpaired) electrons. The molecule has 0 spiro atoms. The average molecular weight is 412 g/mol. The van der Waals surface area contributed by atoms with Gasteiger partial charge in [0.1, 0.15) is 0 Å². The van der Waals surface area contributed by atoms with E-state index in [0.717, 1.165) is 20.8 Å². The molecule has 0 saturated heterocycles. The summed E-state index contributed by atoms with van der Waals surface area (Å²) in [4.78, 5) is 24.6. The summed E-state index contributed by atoms with van der Waals surface area (Å²) in [6.45, 7) is 0.349. The lowest BCUT2D eigenvalue weighted by Gasteiger charge is -2.17. The lowest BCUT2D eigenvalue weighted by Crippen LogP contribution is -2.28. The standard InChI is InChI=1S/C20H14ClN3OS2/c21-14-6-8-17-18(12-14)27-20(23-17)24(13-15-4-1-2-10-22-15)19(25)9-7-16-5-3-11-26-16/h1-12H,13H2/b9-7+. The average Bonchev–Trinajstić information content (AvgIpc) is 3.34. The van der Waals surface area contributed by atoms with Crippen molar-refractivity contribution in [3.63, 3.8) is 0 Å². The van der Waals surface area contributed by atoms with Crippen LogP contribution in [0.15, 0.2) is 66.2 Å². The molecule has 7 heteroatoms. The number of fused-ring (bicyclic) bond motifs is 1. The van der Waals surface area contributed by atoms with Gasteiger partial charge in [-0.3, -0.25) is 14.7 Å². The smallest absolute Gasteiger partial charge is 0.253 e. The largest absolute Gasteiger partial charge is 0.278 e. The zero-order valence-corrected chi connectivity index (χ0v) is 16.5. The molecule has 0 atom stereocenters. The topological polar surface area (TPSA) is 46.1 Å². The Morgan fingerprint density at radius 3 is 2.89 bits per heavy atom. The van der Waals surface area contributed by atoms with Gasteiger partial charge in [-0.25, -0.2) is 4.98 Å². The van der Waals surface area contributed by atoms with Crippen LogP contribution in [0.4, 0.5) is 5.13 Å². The van der Waals surface area contributed by atoms with Gasteiger partial charge in [0.25, 0.3) is 5.91 Å². The zero-order valence-electron chi connectivity index (χ0n) is 14.1. The van der Waals surface area contributed by atoms with Crippen LogP contribution in [-0.4, -0.2) is 15.9 Å². The normalized spacial score (nSPS) is 11.3. The summed E-state index contributed by atoms with van der Waals surface area (Å²) in [6, 6.07) is 15.1. The Hall–Kier alpha value is -2.54. The van der Waals surface area contributed by atoms with Crippen LogP contribution in [0.2, 0.25) is 5.02 Å². The number of rotatable bonds is 5. The first kappa shape index (κ1) is 17.9. The molecule has 1 aromatic carbocycles. The first-order valence-corrected chi connectivity index (χ1v) is 10.3. The maximum atomic E-state index is 12.9. The fraction of sp³-hybridized carbons (Fsp3) is 0.0500. The van der Waals surface area contributed by atoms with Crippen molar-refractivity contribution in [1.82, 2.24) is 9.97 Å². The van der Waals surface area contributed by atoms with E-state index in [4.69, 9.17) is 11.6 Å². The highest BCUT2D eigenvalue weighted by atomic mass is 35.5. The minimum atomic E-state index is -0.140. The predicted molar refractivity (Wildman–Crippen MR) is 113 cm³/mol. The molecule has 27 heavy (non-hydrogen) atoms. The molecule has 4 rings (SSSR count). The maximum absolute atomic E-state index is 12.9. The number of anilines is 1. The third-order valence-electron chi connectivity index (χ3n) is 3.82. The summed E-state index contributed by atoms with van der Waals surface area (Å²) in [6.07, 6.45) is 5.12. The Morgan fingerprint density at radius 1 is 1.19 bits per heavy atom. The number of amides is 1. The maximum Gasteiger partial charge on any atom is 0.253 e. The molecule has 0 aliphatic carbocycles. The molecule has 3 heterocycles. The van der Waals surface area contributed by atoms with E-state index in [1.54, 1.807) is 34.6 Å². The molecule has 4 nitrogen and oxygen atoms in total. The Labute approximate surface area is 169 Å². The van der Waals surface area contributed by atoms with Crippen molar-refractivity contribution in [2.24, 2.45) is 0 Å². The lowest BCUT2D eigenvalue weighted by molar-refractivity contribution is -0.114. The SMILES string of the molecule is O=C(/C=C/c1cccs1)N(Cc1ccccn1)c1nc2ccc(Cl)cc2s1. The number of aromatic nitrogens is 2. The van der Waals surface area contributed by atoms with Crippen molar-refractivity contribution >= 4 is 61.6 Å². The Bertz CT molecular complexity index is 1090. The highest BCUT2D eigenvalue weighted by Crippen LogP contribution is 2.31. The van der Waals surface area contributed by atoms with E-state index in [9.17, 15) is 4.79 Å². The van der Waals surface area contributed by atoms with Gasteiger partial charge in [-0.1, -0.05) is 35.1 Å². The number of thiophene rings is 1. The number of carbonyl (C=O) groups excluding carboxylic acids is 1. The van der Waals surface area contributed by atoms with Crippen molar-refractivity contribution in [2.45, 2.75) is 6.54 Å². The third-order valence-corrected chi connectivity index (χ3v) is 5.93. The van der Waals surface area contributed by atoms with Crippen LogP contribution in [0, 0.1) is 0 Å². The van der Waals surface area contributed by atoms with E-state index in [1.165, 1.54) is 11.3 Å². The van der Waals surface area contributed by atoms with Crippen LogP contribution in [-0.2, 0) is 11.3 Å². The Balaban J connectivity index is 1.68. The number of benzene rings is 1. The van der Waals surface area contributed by atoms with Gasteiger partial charge in [-0.15, -0.1) is 11.3 Å². The number of thiazole rings is 1. The molecule has 0 aliphatic rings. The first-order chi connectivity index (χ1) is 13.2. The molecule has 4 aromatic rings. The third kappa shape index (κ3) is 4.24. The molecule has 1 amide bonds. The van der Waals surface area contributed by atoms with Gasteiger partial charge < -0.3 is 0 Å². The van der Waals surface area contributed by atoms with Gasteiger partial charge >= 0.3 is 0 Å².